The Bertz CT molecular complexity index is 538. The molecule has 2 nitrogen and oxygen atoms in total. The molecule has 4 bridgehead atoms. The molecule has 4 fully saturated rings. The molecule has 5 aliphatic carbocycles. The predicted octanol–water partition coefficient (Wildman–Crippen LogP) is 4.49. The highest BCUT2D eigenvalue weighted by molar-refractivity contribution is 5.78. The van der Waals surface area contributed by atoms with Gasteiger partial charge in [-0.05, 0) is 75.5 Å². The van der Waals surface area contributed by atoms with Crippen molar-refractivity contribution in [2.24, 2.45) is 35.0 Å². The summed E-state index contributed by atoms with van der Waals surface area (Å²) in [6, 6.07) is 0. The van der Waals surface area contributed by atoms with E-state index in [9.17, 15) is 4.79 Å². The summed E-state index contributed by atoms with van der Waals surface area (Å²) in [5, 5.41) is 0. The van der Waals surface area contributed by atoms with E-state index >= 15 is 0 Å². The lowest BCUT2D eigenvalue weighted by atomic mass is 9.69. The van der Waals surface area contributed by atoms with Gasteiger partial charge in [-0.2, -0.15) is 0 Å². The van der Waals surface area contributed by atoms with E-state index < -0.39 is 0 Å². The minimum absolute atomic E-state index is 0.0681. The Labute approximate surface area is 133 Å². The first-order chi connectivity index (χ1) is 10.6. The van der Waals surface area contributed by atoms with Crippen molar-refractivity contribution in [1.29, 1.82) is 0 Å². The molecule has 0 aromatic rings. The monoisotopic (exact) mass is 300 g/mol. The van der Waals surface area contributed by atoms with E-state index in [1.54, 1.807) is 0 Å². The van der Waals surface area contributed by atoms with Crippen LogP contribution in [0.3, 0.4) is 0 Å². The maximum absolute atomic E-state index is 13.1. The lowest BCUT2D eigenvalue weighted by Gasteiger charge is -2.43. The van der Waals surface area contributed by atoms with E-state index in [1.807, 2.05) is 0 Å². The van der Waals surface area contributed by atoms with Crippen molar-refractivity contribution in [2.75, 3.05) is 0 Å². The molecule has 0 amide bonds. The zero-order valence-corrected chi connectivity index (χ0v) is 13.7. The molecule has 5 rings (SSSR count). The highest BCUT2D eigenvalue weighted by atomic mass is 16.6. The summed E-state index contributed by atoms with van der Waals surface area (Å²) in [6.07, 6.45) is 15.8. The SMILES string of the molecule is CC1(C(=O)OC23CCC(C2)C2CCCCC23)CC2C=CC1C2. The molecule has 0 aliphatic heterocycles. The minimum Gasteiger partial charge on any atom is -0.458 e. The summed E-state index contributed by atoms with van der Waals surface area (Å²) >= 11 is 0. The maximum atomic E-state index is 13.1. The number of hydrogen-bond acceptors (Lipinski definition) is 2. The largest absolute Gasteiger partial charge is 0.458 e. The van der Waals surface area contributed by atoms with Crippen LogP contribution in [0.5, 0.6) is 0 Å². The summed E-state index contributed by atoms with van der Waals surface area (Å²) in [6.45, 7) is 2.17. The van der Waals surface area contributed by atoms with Crippen LogP contribution in [0.4, 0.5) is 0 Å². The molecule has 0 aromatic heterocycles. The average Bonchev–Trinajstić information content (AvgIpc) is 3.26. The van der Waals surface area contributed by atoms with Gasteiger partial charge in [-0.1, -0.05) is 25.0 Å². The van der Waals surface area contributed by atoms with Gasteiger partial charge in [0.2, 0.25) is 0 Å². The van der Waals surface area contributed by atoms with Gasteiger partial charge in [-0.15, -0.1) is 0 Å². The van der Waals surface area contributed by atoms with E-state index in [-0.39, 0.29) is 17.0 Å². The van der Waals surface area contributed by atoms with Gasteiger partial charge in [-0.3, -0.25) is 4.79 Å². The third-order valence-corrected chi connectivity index (χ3v) is 8.09. The van der Waals surface area contributed by atoms with Crippen molar-refractivity contribution in [3.8, 4) is 0 Å². The Morgan fingerprint density at radius 2 is 2.00 bits per heavy atom. The molecule has 2 heteroatoms. The van der Waals surface area contributed by atoms with Crippen LogP contribution in [0.2, 0.25) is 0 Å². The van der Waals surface area contributed by atoms with Crippen LogP contribution >= 0.6 is 0 Å². The number of hydrogen-bond donors (Lipinski definition) is 0. The van der Waals surface area contributed by atoms with Crippen molar-refractivity contribution in [3.05, 3.63) is 12.2 Å². The van der Waals surface area contributed by atoms with Crippen LogP contribution in [0.15, 0.2) is 12.2 Å². The molecule has 22 heavy (non-hydrogen) atoms. The number of allylic oxidation sites excluding steroid dienone is 2. The highest BCUT2D eigenvalue weighted by Crippen LogP contribution is 2.62. The quantitative estimate of drug-likeness (QED) is 0.555. The molecule has 0 heterocycles. The fraction of sp³-hybridized carbons (Fsp3) is 0.850. The number of fused-ring (bicyclic) bond motifs is 7. The number of ether oxygens (including phenoxy) is 1. The molecule has 0 radical (unpaired) electrons. The standard InChI is InChI=1S/C20H28O2/c1-19(11-13-6-7-15(19)10-13)18(21)22-20-9-8-14(12-20)16-4-2-3-5-17(16)20/h6-7,13-17H,2-5,8-12H2,1H3. The molecule has 0 spiro atoms. The van der Waals surface area contributed by atoms with Crippen LogP contribution in [-0.4, -0.2) is 11.6 Å². The first-order valence-corrected chi connectivity index (χ1v) is 9.52. The van der Waals surface area contributed by atoms with Gasteiger partial charge in [0.15, 0.2) is 0 Å². The topological polar surface area (TPSA) is 26.3 Å². The van der Waals surface area contributed by atoms with Gasteiger partial charge < -0.3 is 4.74 Å². The van der Waals surface area contributed by atoms with Crippen molar-refractivity contribution in [2.45, 2.75) is 70.3 Å². The number of rotatable bonds is 2. The number of carbonyl (C=O) groups is 1. The van der Waals surface area contributed by atoms with Crippen LogP contribution in [0.1, 0.15) is 64.7 Å². The smallest absolute Gasteiger partial charge is 0.312 e. The Balaban J connectivity index is 1.39. The van der Waals surface area contributed by atoms with Crippen LogP contribution in [0.25, 0.3) is 0 Å². The summed E-state index contributed by atoms with van der Waals surface area (Å²) in [5.74, 6) is 3.59. The lowest BCUT2D eigenvalue weighted by molar-refractivity contribution is -0.180. The molecular weight excluding hydrogens is 272 g/mol. The Morgan fingerprint density at radius 3 is 2.77 bits per heavy atom. The van der Waals surface area contributed by atoms with Gasteiger partial charge in [-0.25, -0.2) is 0 Å². The Kier molecular flexibility index (Phi) is 2.72. The highest BCUT2D eigenvalue weighted by Gasteiger charge is 2.62. The summed E-state index contributed by atoms with van der Waals surface area (Å²) in [5.41, 5.74) is -0.305. The summed E-state index contributed by atoms with van der Waals surface area (Å²) in [7, 11) is 0. The summed E-state index contributed by atoms with van der Waals surface area (Å²) in [4.78, 5) is 13.1. The molecule has 0 aromatic carbocycles. The number of esters is 1. The average molecular weight is 300 g/mol. The van der Waals surface area contributed by atoms with Gasteiger partial charge in [0.1, 0.15) is 5.60 Å². The normalized spacial score (nSPS) is 54.7. The van der Waals surface area contributed by atoms with Crippen molar-refractivity contribution in [3.63, 3.8) is 0 Å². The van der Waals surface area contributed by atoms with E-state index in [2.05, 4.69) is 19.1 Å². The second-order valence-corrected chi connectivity index (χ2v) is 9.12. The molecule has 0 saturated heterocycles. The van der Waals surface area contributed by atoms with Gasteiger partial charge in [0.25, 0.3) is 0 Å². The van der Waals surface area contributed by atoms with Crippen LogP contribution in [-0.2, 0) is 9.53 Å². The molecule has 5 aliphatic rings. The zero-order valence-electron chi connectivity index (χ0n) is 13.7. The van der Waals surface area contributed by atoms with Gasteiger partial charge in [0, 0.05) is 5.92 Å². The third kappa shape index (κ3) is 1.65. The second-order valence-electron chi connectivity index (χ2n) is 9.12. The number of carbonyl (C=O) groups excluding carboxylic acids is 1. The van der Waals surface area contributed by atoms with E-state index in [4.69, 9.17) is 4.74 Å². The van der Waals surface area contributed by atoms with Gasteiger partial charge >= 0.3 is 5.97 Å². The lowest BCUT2D eigenvalue weighted by Crippen LogP contribution is -2.46. The fourth-order valence-electron chi connectivity index (χ4n) is 6.96. The van der Waals surface area contributed by atoms with E-state index in [1.165, 1.54) is 44.9 Å². The third-order valence-electron chi connectivity index (χ3n) is 8.09. The molecule has 4 saturated carbocycles. The fourth-order valence-corrected chi connectivity index (χ4v) is 6.96. The van der Waals surface area contributed by atoms with Crippen molar-refractivity contribution < 1.29 is 9.53 Å². The van der Waals surface area contributed by atoms with E-state index in [0.29, 0.717) is 17.8 Å². The van der Waals surface area contributed by atoms with Crippen molar-refractivity contribution in [1.82, 2.24) is 0 Å². The summed E-state index contributed by atoms with van der Waals surface area (Å²) < 4.78 is 6.43. The Morgan fingerprint density at radius 1 is 1.14 bits per heavy atom. The maximum Gasteiger partial charge on any atom is 0.312 e. The first kappa shape index (κ1) is 13.6. The Hall–Kier alpha value is -0.790. The molecule has 120 valence electrons. The molecule has 7 unspecified atom stereocenters. The molecule has 7 atom stereocenters. The van der Waals surface area contributed by atoms with Crippen molar-refractivity contribution >= 4 is 5.97 Å². The molecular formula is C20H28O2. The second kappa shape index (κ2) is 4.39. The van der Waals surface area contributed by atoms with E-state index in [0.717, 1.165) is 24.7 Å². The van der Waals surface area contributed by atoms with Gasteiger partial charge in [0.05, 0.1) is 5.41 Å². The van der Waals surface area contributed by atoms with Crippen LogP contribution < -0.4 is 0 Å². The molecule has 0 N–H and O–H groups in total. The predicted molar refractivity (Wildman–Crippen MR) is 85.1 cm³/mol. The zero-order chi connectivity index (χ0) is 14.9. The minimum atomic E-state index is -0.237. The first-order valence-electron chi connectivity index (χ1n) is 9.52. The van der Waals surface area contributed by atoms with Crippen LogP contribution in [0, 0.1) is 35.0 Å².